The van der Waals surface area contributed by atoms with Gasteiger partial charge in [0, 0.05) is 31.6 Å². The first-order chi connectivity index (χ1) is 12.7. The van der Waals surface area contributed by atoms with E-state index in [-0.39, 0.29) is 12.0 Å². The Morgan fingerprint density at radius 2 is 2.12 bits per heavy atom. The van der Waals surface area contributed by atoms with Gasteiger partial charge in [0.1, 0.15) is 6.54 Å². The number of likely N-dealkylation sites (tertiary alicyclic amines) is 1. The van der Waals surface area contributed by atoms with Gasteiger partial charge in [0.05, 0.1) is 0 Å². The van der Waals surface area contributed by atoms with E-state index in [1.807, 2.05) is 11.8 Å². The highest BCUT2D eigenvalue weighted by Gasteiger charge is 2.31. The molecule has 2 fully saturated rings. The number of carbonyl (C=O) groups is 1. The Morgan fingerprint density at radius 3 is 2.81 bits per heavy atom. The smallest absolute Gasteiger partial charge is 0.248 e. The number of carbonyl (C=O) groups excluding carboxylic acids is 1. The summed E-state index contributed by atoms with van der Waals surface area (Å²) < 4.78 is 5.10. The van der Waals surface area contributed by atoms with Gasteiger partial charge < -0.3 is 20.1 Å². The second-order valence-corrected chi connectivity index (χ2v) is 7.18. The first-order valence-corrected chi connectivity index (χ1v) is 9.78. The third-order valence-corrected chi connectivity index (χ3v) is 5.08. The number of amides is 1. The molecule has 0 aromatic carbocycles. The molecule has 1 aliphatic carbocycles. The standard InChI is InChI=1S/C18H30N6O2/c1-3-19-18(20-11-16-21-13(2)23-26-16)22-15-9-10-24(12-15)17(25)14-7-5-4-6-8-14/h14-15H,3-12H2,1-2H3,(H2,19,20,22). The second kappa shape index (κ2) is 9.00. The minimum atomic E-state index is 0.227. The molecule has 2 N–H and O–H groups in total. The lowest BCUT2D eigenvalue weighted by molar-refractivity contribution is -0.135. The van der Waals surface area contributed by atoms with Crippen LogP contribution >= 0.6 is 0 Å². The molecule has 144 valence electrons. The number of hydrogen-bond acceptors (Lipinski definition) is 5. The molecule has 1 unspecified atom stereocenters. The zero-order valence-corrected chi connectivity index (χ0v) is 15.8. The van der Waals surface area contributed by atoms with Crippen LogP contribution in [0, 0.1) is 12.8 Å². The molecule has 2 heterocycles. The molecule has 1 aliphatic heterocycles. The molecule has 26 heavy (non-hydrogen) atoms. The van der Waals surface area contributed by atoms with Crippen LogP contribution in [-0.4, -0.2) is 52.6 Å². The minimum absolute atomic E-state index is 0.227. The van der Waals surface area contributed by atoms with Gasteiger partial charge >= 0.3 is 0 Å². The van der Waals surface area contributed by atoms with Crippen molar-refractivity contribution < 1.29 is 9.32 Å². The maximum absolute atomic E-state index is 12.7. The molecule has 8 nitrogen and oxygen atoms in total. The van der Waals surface area contributed by atoms with Crippen LogP contribution in [0.1, 0.15) is 57.2 Å². The average Bonchev–Trinajstić information content (AvgIpc) is 3.29. The predicted octanol–water partition coefficient (Wildman–Crippen LogP) is 1.61. The third-order valence-electron chi connectivity index (χ3n) is 5.08. The van der Waals surface area contributed by atoms with E-state index in [1.165, 1.54) is 19.3 Å². The first kappa shape index (κ1) is 18.7. The Labute approximate surface area is 154 Å². The molecule has 1 aromatic rings. The summed E-state index contributed by atoms with van der Waals surface area (Å²) in [4.78, 5) is 23.4. The maximum atomic E-state index is 12.7. The third kappa shape index (κ3) is 4.95. The van der Waals surface area contributed by atoms with E-state index in [2.05, 4.69) is 25.8 Å². The second-order valence-electron chi connectivity index (χ2n) is 7.18. The monoisotopic (exact) mass is 362 g/mol. The topological polar surface area (TPSA) is 95.7 Å². The van der Waals surface area contributed by atoms with E-state index in [9.17, 15) is 4.79 Å². The van der Waals surface area contributed by atoms with Gasteiger partial charge in [-0.25, -0.2) is 4.99 Å². The Hall–Kier alpha value is -2.12. The molecule has 2 aliphatic rings. The van der Waals surface area contributed by atoms with Gasteiger partial charge in [-0.1, -0.05) is 24.4 Å². The Balaban J connectivity index is 1.52. The molecule has 3 rings (SSSR count). The van der Waals surface area contributed by atoms with E-state index < -0.39 is 0 Å². The van der Waals surface area contributed by atoms with Crippen LogP contribution in [0.5, 0.6) is 0 Å². The van der Waals surface area contributed by atoms with Gasteiger partial charge in [-0.3, -0.25) is 4.79 Å². The molecular formula is C18H30N6O2. The Kier molecular flexibility index (Phi) is 6.46. The summed E-state index contributed by atoms with van der Waals surface area (Å²) in [7, 11) is 0. The number of aryl methyl sites for hydroxylation is 1. The molecule has 1 amide bonds. The van der Waals surface area contributed by atoms with Gasteiger partial charge in [-0.15, -0.1) is 0 Å². The summed E-state index contributed by atoms with van der Waals surface area (Å²) in [5, 5.41) is 10.5. The normalized spacial score (nSPS) is 21.8. The van der Waals surface area contributed by atoms with Crippen molar-refractivity contribution in [2.75, 3.05) is 19.6 Å². The molecule has 1 atom stereocenters. The number of nitrogens with one attached hydrogen (secondary N) is 2. The number of aromatic nitrogens is 2. The van der Waals surface area contributed by atoms with Crippen LogP contribution in [0.4, 0.5) is 0 Å². The van der Waals surface area contributed by atoms with Crippen LogP contribution in [0.15, 0.2) is 9.52 Å². The number of guanidine groups is 1. The predicted molar refractivity (Wildman–Crippen MR) is 98.5 cm³/mol. The van der Waals surface area contributed by atoms with Crippen LogP contribution in [-0.2, 0) is 11.3 Å². The van der Waals surface area contributed by atoms with Crippen molar-refractivity contribution in [2.45, 2.75) is 65.0 Å². The summed E-state index contributed by atoms with van der Waals surface area (Å²) in [5.41, 5.74) is 0. The van der Waals surface area contributed by atoms with E-state index in [1.54, 1.807) is 6.92 Å². The van der Waals surface area contributed by atoms with Crippen molar-refractivity contribution >= 4 is 11.9 Å². The lowest BCUT2D eigenvalue weighted by Crippen LogP contribution is -2.45. The van der Waals surface area contributed by atoms with Gasteiger partial charge in [-0.2, -0.15) is 4.98 Å². The minimum Gasteiger partial charge on any atom is -0.357 e. The fourth-order valence-corrected chi connectivity index (χ4v) is 3.75. The summed E-state index contributed by atoms with van der Waals surface area (Å²) in [6.45, 7) is 6.51. The highest BCUT2D eigenvalue weighted by Crippen LogP contribution is 2.26. The molecule has 0 radical (unpaired) electrons. The van der Waals surface area contributed by atoms with Crippen molar-refractivity contribution in [3.05, 3.63) is 11.7 Å². The zero-order chi connectivity index (χ0) is 18.4. The number of aliphatic imine (C=N–C) groups is 1. The summed E-state index contributed by atoms with van der Waals surface area (Å²) in [6.07, 6.45) is 6.72. The van der Waals surface area contributed by atoms with Crippen LogP contribution in [0.3, 0.4) is 0 Å². The Bertz CT molecular complexity index is 623. The van der Waals surface area contributed by atoms with Crippen LogP contribution in [0.2, 0.25) is 0 Å². The van der Waals surface area contributed by atoms with Crippen molar-refractivity contribution in [3.63, 3.8) is 0 Å². The molecule has 1 aromatic heterocycles. The zero-order valence-electron chi connectivity index (χ0n) is 15.8. The molecule has 0 spiro atoms. The van der Waals surface area contributed by atoms with Gasteiger partial charge in [0.25, 0.3) is 0 Å². The fraction of sp³-hybridized carbons (Fsp3) is 0.778. The van der Waals surface area contributed by atoms with Crippen molar-refractivity contribution in [3.8, 4) is 0 Å². The van der Waals surface area contributed by atoms with E-state index in [0.29, 0.717) is 24.2 Å². The average molecular weight is 362 g/mol. The number of nitrogens with zero attached hydrogens (tertiary/aromatic N) is 4. The molecule has 8 heteroatoms. The summed E-state index contributed by atoms with van der Waals surface area (Å²) >= 11 is 0. The fourth-order valence-electron chi connectivity index (χ4n) is 3.75. The van der Waals surface area contributed by atoms with E-state index in [0.717, 1.165) is 44.9 Å². The van der Waals surface area contributed by atoms with Crippen molar-refractivity contribution in [2.24, 2.45) is 10.9 Å². The maximum Gasteiger partial charge on any atom is 0.248 e. The molecule has 1 saturated carbocycles. The van der Waals surface area contributed by atoms with Crippen LogP contribution in [0.25, 0.3) is 0 Å². The lowest BCUT2D eigenvalue weighted by atomic mass is 9.88. The molecule has 1 saturated heterocycles. The Morgan fingerprint density at radius 1 is 1.31 bits per heavy atom. The summed E-state index contributed by atoms with van der Waals surface area (Å²) in [5.74, 6) is 2.42. The van der Waals surface area contributed by atoms with E-state index >= 15 is 0 Å². The summed E-state index contributed by atoms with van der Waals surface area (Å²) in [6, 6.07) is 0.227. The lowest BCUT2D eigenvalue weighted by Gasteiger charge is -2.26. The van der Waals surface area contributed by atoms with Crippen molar-refractivity contribution in [1.29, 1.82) is 0 Å². The number of rotatable bonds is 5. The quantitative estimate of drug-likeness (QED) is 0.610. The van der Waals surface area contributed by atoms with Gasteiger partial charge in [0.2, 0.25) is 11.8 Å². The SMILES string of the molecule is CCNC(=NCc1nc(C)no1)NC1CCN(C(=O)C2CCCCC2)C1. The first-order valence-electron chi connectivity index (χ1n) is 9.78. The largest absolute Gasteiger partial charge is 0.357 e. The highest BCUT2D eigenvalue weighted by molar-refractivity contribution is 5.81. The van der Waals surface area contributed by atoms with E-state index in [4.69, 9.17) is 4.52 Å². The molecule has 0 bridgehead atoms. The van der Waals surface area contributed by atoms with Gasteiger partial charge in [0.15, 0.2) is 11.8 Å². The van der Waals surface area contributed by atoms with Crippen LogP contribution < -0.4 is 10.6 Å². The van der Waals surface area contributed by atoms with Crippen molar-refractivity contribution in [1.82, 2.24) is 25.7 Å². The highest BCUT2D eigenvalue weighted by atomic mass is 16.5. The van der Waals surface area contributed by atoms with Gasteiger partial charge in [-0.05, 0) is 33.1 Å². The molecular weight excluding hydrogens is 332 g/mol. The number of hydrogen-bond donors (Lipinski definition) is 2.